The van der Waals surface area contributed by atoms with Gasteiger partial charge in [-0.15, -0.1) is 0 Å². The van der Waals surface area contributed by atoms with Gasteiger partial charge >= 0.3 is 0 Å². The molecule has 0 amide bonds. The van der Waals surface area contributed by atoms with Gasteiger partial charge in [-0.25, -0.2) is 9.97 Å². The summed E-state index contributed by atoms with van der Waals surface area (Å²) in [7, 11) is 0. The van der Waals surface area contributed by atoms with Gasteiger partial charge in [0.2, 0.25) is 0 Å². The fourth-order valence-corrected chi connectivity index (χ4v) is 4.18. The van der Waals surface area contributed by atoms with Crippen molar-refractivity contribution in [1.82, 2.24) is 14.4 Å². The number of aromatic nitrogens is 3. The molecule has 176 valence electrons. The smallest absolute Gasteiger partial charge is 0.150 e. The van der Waals surface area contributed by atoms with E-state index < -0.39 is 12.3 Å². The van der Waals surface area contributed by atoms with Crippen molar-refractivity contribution in [2.75, 3.05) is 11.1 Å². The molecule has 8 heteroatoms. The monoisotopic (exact) mass is 459 g/mol. The van der Waals surface area contributed by atoms with Gasteiger partial charge in [-0.05, 0) is 49.6 Å². The lowest BCUT2D eigenvalue weighted by Crippen LogP contribution is -2.30. The van der Waals surface area contributed by atoms with Gasteiger partial charge in [0.15, 0.2) is 0 Å². The minimum Gasteiger partial charge on any atom is -0.489 e. The molecule has 2 aromatic heterocycles. The van der Waals surface area contributed by atoms with Gasteiger partial charge < -0.3 is 26.0 Å². The number of ether oxygens (including phenoxy) is 1. The first-order valence-electron chi connectivity index (χ1n) is 11.6. The number of hydrogen-bond donors (Lipinski definition) is 4. The molecule has 5 N–H and O–H groups in total. The third kappa shape index (κ3) is 4.42. The van der Waals surface area contributed by atoms with Crippen molar-refractivity contribution in [3.05, 3.63) is 72.3 Å². The molecule has 0 radical (unpaired) electrons. The van der Waals surface area contributed by atoms with Crippen LogP contribution in [-0.4, -0.2) is 36.9 Å². The molecule has 1 saturated carbocycles. The normalized spacial score (nSPS) is 15.6. The Hall–Kier alpha value is -3.62. The molecular weight excluding hydrogens is 430 g/mol. The fourth-order valence-electron chi connectivity index (χ4n) is 4.18. The van der Waals surface area contributed by atoms with Gasteiger partial charge in [-0.2, -0.15) is 0 Å². The van der Waals surface area contributed by atoms with E-state index in [0.29, 0.717) is 29.8 Å². The molecule has 0 spiro atoms. The van der Waals surface area contributed by atoms with Crippen LogP contribution in [0.5, 0.6) is 5.75 Å². The molecule has 1 fully saturated rings. The highest BCUT2D eigenvalue weighted by Crippen LogP contribution is 2.39. The van der Waals surface area contributed by atoms with Crippen molar-refractivity contribution < 1.29 is 14.9 Å². The molecule has 2 heterocycles. The van der Waals surface area contributed by atoms with Crippen LogP contribution in [0, 0.1) is 0 Å². The molecule has 2 atom stereocenters. The van der Waals surface area contributed by atoms with Crippen LogP contribution in [0.25, 0.3) is 16.8 Å². The van der Waals surface area contributed by atoms with Gasteiger partial charge in [0.25, 0.3) is 0 Å². The van der Waals surface area contributed by atoms with Gasteiger partial charge in [0.05, 0.1) is 6.10 Å². The van der Waals surface area contributed by atoms with Crippen LogP contribution < -0.4 is 15.8 Å². The van der Waals surface area contributed by atoms with E-state index in [4.69, 9.17) is 15.5 Å². The van der Waals surface area contributed by atoms with Crippen LogP contribution in [0.2, 0.25) is 0 Å². The van der Waals surface area contributed by atoms with Crippen LogP contribution in [-0.2, 0) is 6.61 Å². The zero-order valence-corrected chi connectivity index (χ0v) is 19.1. The largest absolute Gasteiger partial charge is 0.489 e. The van der Waals surface area contributed by atoms with E-state index >= 15 is 0 Å². The minimum absolute atomic E-state index is 0.352. The summed E-state index contributed by atoms with van der Waals surface area (Å²) >= 11 is 0. The molecule has 0 aliphatic heterocycles. The maximum Gasteiger partial charge on any atom is 0.150 e. The SMILES string of the molecule is CC(O)C(O)Nc1cccc(COc2cccc(-c3nc(C4CCC4)n4ccnc(N)c34)c2)c1. The Bertz CT molecular complexity index is 1300. The second-order valence-electron chi connectivity index (χ2n) is 8.82. The number of nitrogen functional groups attached to an aromatic ring is 1. The van der Waals surface area contributed by atoms with E-state index in [-0.39, 0.29) is 0 Å². The number of aliphatic hydroxyl groups is 2. The molecule has 1 aliphatic carbocycles. The number of imidazole rings is 1. The number of benzene rings is 2. The summed E-state index contributed by atoms with van der Waals surface area (Å²) in [6, 6.07) is 15.4. The first-order chi connectivity index (χ1) is 16.5. The average Bonchev–Trinajstić information content (AvgIpc) is 3.17. The van der Waals surface area contributed by atoms with Crippen molar-refractivity contribution in [3.8, 4) is 17.0 Å². The van der Waals surface area contributed by atoms with Crippen LogP contribution in [0.15, 0.2) is 60.9 Å². The molecule has 34 heavy (non-hydrogen) atoms. The van der Waals surface area contributed by atoms with E-state index in [1.807, 2.05) is 54.7 Å². The molecular formula is C26H29N5O3. The van der Waals surface area contributed by atoms with E-state index in [2.05, 4.69) is 14.7 Å². The minimum atomic E-state index is -1.04. The third-order valence-corrected chi connectivity index (χ3v) is 6.29. The molecule has 2 aromatic carbocycles. The number of nitrogens with two attached hydrogens (primary N) is 1. The number of fused-ring (bicyclic) bond motifs is 1. The van der Waals surface area contributed by atoms with Gasteiger partial charge in [-0.3, -0.25) is 4.40 Å². The summed E-state index contributed by atoms with van der Waals surface area (Å²) < 4.78 is 8.15. The van der Waals surface area contributed by atoms with Crippen molar-refractivity contribution in [3.63, 3.8) is 0 Å². The van der Waals surface area contributed by atoms with Crippen molar-refractivity contribution in [2.45, 2.75) is 51.0 Å². The Kier molecular flexibility index (Phi) is 6.08. The Balaban J connectivity index is 1.38. The number of nitrogens with zero attached hydrogens (tertiary/aromatic N) is 3. The standard InChI is InChI=1S/C26H29N5O3/c1-16(32)26(33)29-20-9-2-5-17(13-20)15-34-21-10-4-8-19(14-21)22-23-24(27)28-11-12-31(23)25(30-22)18-6-3-7-18/h2,4-5,8-14,16,18,26,29,32-33H,3,6-7,15H2,1H3,(H2,27,28). The number of nitrogens with one attached hydrogen (secondary N) is 1. The zero-order valence-electron chi connectivity index (χ0n) is 19.1. The summed E-state index contributed by atoms with van der Waals surface area (Å²) in [5, 5.41) is 22.2. The quantitative estimate of drug-likeness (QED) is 0.295. The average molecular weight is 460 g/mol. The second kappa shape index (κ2) is 9.32. The van der Waals surface area contributed by atoms with Gasteiger partial charge in [-0.1, -0.05) is 30.7 Å². The number of rotatable bonds is 8. The van der Waals surface area contributed by atoms with Crippen molar-refractivity contribution >= 4 is 17.0 Å². The molecule has 0 saturated heterocycles. The van der Waals surface area contributed by atoms with Gasteiger partial charge in [0.1, 0.15) is 41.4 Å². The molecule has 5 rings (SSSR count). The predicted molar refractivity (Wildman–Crippen MR) is 132 cm³/mol. The van der Waals surface area contributed by atoms with Crippen molar-refractivity contribution in [1.29, 1.82) is 0 Å². The Morgan fingerprint density at radius 2 is 2.00 bits per heavy atom. The van der Waals surface area contributed by atoms with E-state index in [1.165, 1.54) is 13.3 Å². The number of hydrogen-bond acceptors (Lipinski definition) is 7. The van der Waals surface area contributed by atoms with E-state index in [0.717, 1.165) is 41.0 Å². The Morgan fingerprint density at radius 3 is 2.76 bits per heavy atom. The fraction of sp³-hybridized carbons (Fsp3) is 0.308. The lowest BCUT2D eigenvalue weighted by Gasteiger charge is -2.23. The van der Waals surface area contributed by atoms with Crippen LogP contribution in [0.1, 0.15) is 43.5 Å². The highest BCUT2D eigenvalue weighted by atomic mass is 16.5. The topological polar surface area (TPSA) is 118 Å². The predicted octanol–water partition coefficient (Wildman–Crippen LogP) is 3.94. The summed E-state index contributed by atoms with van der Waals surface area (Å²) in [4.78, 5) is 9.28. The Morgan fingerprint density at radius 1 is 1.18 bits per heavy atom. The molecule has 1 aliphatic rings. The third-order valence-electron chi connectivity index (χ3n) is 6.29. The highest BCUT2D eigenvalue weighted by Gasteiger charge is 2.27. The molecule has 0 bridgehead atoms. The summed E-state index contributed by atoms with van der Waals surface area (Å²) in [6.07, 6.45) is 5.26. The van der Waals surface area contributed by atoms with E-state index in [9.17, 15) is 10.2 Å². The molecule has 4 aromatic rings. The van der Waals surface area contributed by atoms with E-state index in [1.54, 1.807) is 6.20 Å². The Labute approximate surface area is 198 Å². The molecule has 8 nitrogen and oxygen atoms in total. The maximum atomic E-state index is 9.85. The van der Waals surface area contributed by atoms with Gasteiger partial charge in [0, 0.05) is 29.6 Å². The lowest BCUT2D eigenvalue weighted by molar-refractivity contribution is 0.0497. The summed E-state index contributed by atoms with van der Waals surface area (Å²) in [5.74, 6) is 2.68. The lowest BCUT2D eigenvalue weighted by atomic mass is 9.85. The zero-order chi connectivity index (χ0) is 23.7. The van der Waals surface area contributed by atoms with Crippen LogP contribution in [0.3, 0.4) is 0 Å². The number of aliphatic hydroxyl groups excluding tert-OH is 2. The van der Waals surface area contributed by atoms with Crippen molar-refractivity contribution in [2.24, 2.45) is 0 Å². The van der Waals surface area contributed by atoms with Crippen LogP contribution in [0.4, 0.5) is 11.5 Å². The first kappa shape index (κ1) is 22.2. The number of anilines is 2. The first-order valence-corrected chi connectivity index (χ1v) is 11.6. The molecule has 2 unspecified atom stereocenters. The second-order valence-corrected chi connectivity index (χ2v) is 8.82. The maximum absolute atomic E-state index is 9.85. The summed E-state index contributed by atoms with van der Waals surface area (Å²) in [6.45, 7) is 1.88. The van der Waals surface area contributed by atoms with Crippen LogP contribution >= 0.6 is 0 Å². The highest BCUT2D eigenvalue weighted by molar-refractivity contribution is 5.85. The summed E-state index contributed by atoms with van der Waals surface area (Å²) in [5.41, 5.74) is 10.5.